The molecule has 1 aromatic carbocycles. The molecule has 0 N–H and O–H groups in total. The smallest absolute Gasteiger partial charge is 0.291 e. The van der Waals surface area contributed by atoms with Gasteiger partial charge in [0.15, 0.2) is 11.5 Å². The largest absolute Gasteiger partial charge is 0.493 e. The standard InChI is InChI=1S/C10H10N2O4/c1-6-7(5-11)8(12(13)14)4-9(15-2)10(6)16-3/h4H,1-3H3. The molecule has 0 saturated heterocycles. The molecule has 0 aliphatic rings. The van der Waals surface area contributed by atoms with Crippen LogP contribution in [0, 0.1) is 28.4 Å². The Bertz CT molecular complexity index is 477. The van der Waals surface area contributed by atoms with Crippen molar-refractivity contribution in [3.8, 4) is 17.6 Å². The van der Waals surface area contributed by atoms with Gasteiger partial charge in [0.2, 0.25) is 0 Å². The molecule has 0 amide bonds. The molecule has 16 heavy (non-hydrogen) atoms. The molecule has 0 heterocycles. The first-order valence-electron chi connectivity index (χ1n) is 4.36. The van der Waals surface area contributed by atoms with E-state index >= 15 is 0 Å². The lowest BCUT2D eigenvalue weighted by Crippen LogP contribution is -2.00. The maximum Gasteiger partial charge on any atom is 0.291 e. The number of hydrogen-bond acceptors (Lipinski definition) is 5. The highest BCUT2D eigenvalue weighted by Gasteiger charge is 2.23. The van der Waals surface area contributed by atoms with E-state index in [1.54, 1.807) is 13.0 Å². The number of nitro benzene ring substituents is 1. The maximum atomic E-state index is 10.8. The van der Waals surface area contributed by atoms with Crippen LogP contribution in [0.2, 0.25) is 0 Å². The summed E-state index contributed by atoms with van der Waals surface area (Å²) in [5.41, 5.74) is 0.108. The summed E-state index contributed by atoms with van der Waals surface area (Å²) in [5, 5.41) is 19.6. The lowest BCUT2D eigenvalue weighted by molar-refractivity contribution is -0.385. The number of benzene rings is 1. The molecule has 84 valence electrons. The van der Waals surface area contributed by atoms with Crippen molar-refractivity contribution in [2.75, 3.05) is 14.2 Å². The van der Waals surface area contributed by atoms with E-state index < -0.39 is 4.92 Å². The van der Waals surface area contributed by atoms with Crippen molar-refractivity contribution in [3.63, 3.8) is 0 Å². The second-order valence-corrected chi connectivity index (χ2v) is 3.00. The fourth-order valence-electron chi connectivity index (χ4n) is 1.44. The molecule has 0 unspecified atom stereocenters. The van der Waals surface area contributed by atoms with E-state index in [0.717, 1.165) is 0 Å². The van der Waals surface area contributed by atoms with Gasteiger partial charge in [0, 0.05) is 5.56 Å². The first-order chi connectivity index (χ1) is 7.56. The summed E-state index contributed by atoms with van der Waals surface area (Å²) >= 11 is 0. The Labute approximate surface area is 92.2 Å². The molecule has 0 aliphatic carbocycles. The SMILES string of the molecule is COc1cc([N+](=O)[O-])c(C#N)c(C)c1OC. The Kier molecular flexibility index (Phi) is 3.30. The number of nitro groups is 1. The molecule has 0 fully saturated rings. The van der Waals surface area contributed by atoms with Crippen LogP contribution in [0.1, 0.15) is 11.1 Å². The molecule has 0 aromatic heterocycles. The molecular weight excluding hydrogens is 212 g/mol. The van der Waals surface area contributed by atoms with Gasteiger partial charge in [0.05, 0.1) is 25.2 Å². The highest BCUT2D eigenvalue weighted by atomic mass is 16.6. The van der Waals surface area contributed by atoms with Gasteiger partial charge in [-0.25, -0.2) is 0 Å². The topological polar surface area (TPSA) is 85.4 Å². The summed E-state index contributed by atoms with van der Waals surface area (Å²) in [6.45, 7) is 1.58. The Balaban J connectivity index is 3.62. The first kappa shape index (κ1) is 11.8. The fraction of sp³-hybridized carbons (Fsp3) is 0.300. The zero-order valence-corrected chi connectivity index (χ0v) is 9.10. The van der Waals surface area contributed by atoms with Crippen molar-refractivity contribution in [1.82, 2.24) is 0 Å². The third kappa shape index (κ3) is 1.75. The van der Waals surface area contributed by atoms with Crippen LogP contribution in [-0.4, -0.2) is 19.1 Å². The minimum atomic E-state index is -0.618. The maximum absolute atomic E-state index is 10.8. The lowest BCUT2D eigenvalue weighted by Gasteiger charge is -2.11. The molecule has 0 atom stereocenters. The Morgan fingerprint density at radius 2 is 2.06 bits per heavy atom. The number of nitrogens with zero attached hydrogens (tertiary/aromatic N) is 2. The minimum Gasteiger partial charge on any atom is -0.493 e. The summed E-state index contributed by atoms with van der Waals surface area (Å²) in [6, 6.07) is 2.98. The van der Waals surface area contributed by atoms with Crippen LogP contribution < -0.4 is 9.47 Å². The molecule has 1 aromatic rings. The number of methoxy groups -OCH3 is 2. The number of hydrogen-bond donors (Lipinski definition) is 0. The zero-order chi connectivity index (χ0) is 12.3. The molecule has 0 aliphatic heterocycles. The molecule has 6 heteroatoms. The van der Waals surface area contributed by atoms with Crippen molar-refractivity contribution in [1.29, 1.82) is 5.26 Å². The van der Waals surface area contributed by atoms with Gasteiger partial charge in [-0.15, -0.1) is 0 Å². The van der Waals surface area contributed by atoms with Crippen molar-refractivity contribution >= 4 is 5.69 Å². The second kappa shape index (κ2) is 4.49. The van der Waals surface area contributed by atoms with Crippen LogP contribution in [0.4, 0.5) is 5.69 Å². The molecule has 0 radical (unpaired) electrons. The van der Waals surface area contributed by atoms with E-state index in [1.807, 2.05) is 0 Å². The van der Waals surface area contributed by atoms with Gasteiger partial charge in [-0.3, -0.25) is 10.1 Å². The molecule has 0 bridgehead atoms. The van der Waals surface area contributed by atoms with E-state index in [-0.39, 0.29) is 17.0 Å². The first-order valence-corrected chi connectivity index (χ1v) is 4.36. The predicted octanol–water partition coefficient (Wildman–Crippen LogP) is 1.79. The molecule has 1 rings (SSSR count). The Hall–Kier alpha value is -2.29. The predicted molar refractivity (Wildman–Crippen MR) is 55.7 cm³/mol. The monoisotopic (exact) mass is 222 g/mol. The van der Waals surface area contributed by atoms with Gasteiger partial charge >= 0.3 is 0 Å². The van der Waals surface area contributed by atoms with Crippen LogP contribution in [-0.2, 0) is 0 Å². The van der Waals surface area contributed by atoms with Crippen LogP contribution in [0.15, 0.2) is 6.07 Å². The average Bonchev–Trinajstić information content (AvgIpc) is 2.27. The molecule has 6 nitrogen and oxygen atoms in total. The van der Waals surface area contributed by atoms with Gasteiger partial charge in [0.1, 0.15) is 11.6 Å². The van der Waals surface area contributed by atoms with Crippen LogP contribution in [0.3, 0.4) is 0 Å². The molecular formula is C10H10N2O4. The van der Waals surface area contributed by atoms with Crippen LogP contribution in [0.25, 0.3) is 0 Å². The van der Waals surface area contributed by atoms with E-state index in [9.17, 15) is 10.1 Å². The average molecular weight is 222 g/mol. The zero-order valence-electron chi connectivity index (χ0n) is 9.10. The van der Waals surface area contributed by atoms with Gasteiger partial charge in [-0.05, 0) is 6.92 Å². The molecule has 0 saturated carbocycles. The third-order valence-corrected chi connectivity index (χ3v) is 2.20. The fourth-order valence-corrected chi connectivity index (χ4v) is 1.44. The van der Waals surface area contributed by atoms with E-state index in [0.29, 0.717) is 11.3 Å². The minimum absolute atomic E-state index is 0.0114. The Morgan fingerprint density at radius 1 is 1.44 bits per heavy atom. The summed E-state index contributed by atoms with van der Waals surface area (Å²) in [5.74, 6) is 0.579. The number of nitriles is 1. The highest BCUT2D eigenvalue weighted by molar-refractivity contribution is 5.64. The van der Waals surface area contributed by atoms with Crippen LogP contribution >= 0.6 is 0 Å². The van der Waals surface area contributed by atoms with E-state index in [2.05, 4.69) is 0 Å². The number of rotatable bonds is 3. The van der Waals surface area contributed by atoms with Crippen LogP contribution in [0.5, 0.6) is 11.5 Å². The van der Waals surface area contributed by atoms with Crippen molar-refractivity contribution in [2.45, 2.75) is 6.92 Å². The summed E-state index contributed by atoms with van der Waals surface area (Å²) < 4.78 is 10.0. The number of ether oxygens (including phenoxy) is 2. The summed E-state index contributed by atoms with van der Waals surface area (Å²) in [4.78, 5) is 10.1. The quantitative estimate of drug-likeness (QED) is 0.574. The normalized spacial score (nSPS) is 9.38. The summed E-state index contributed by atoms with van der Waals surface area (Å²) in [6.07, 6.45) is 0. The third-order valence-electron chi connectivity index (χ3n) is 2.20. The van der Waals surface area contributed by atoms with E-state index in [1.165, 1.54) is 20.3 Å². The lowest BCUT2D eigenvalue weighted by atomic mass is 10.1. The van der Waals surface area contributed by atoms with Crippen molar-refractivity contribution in [3.05, 3.63) is 27.3 Å². The summed E-state index contributed by atoms with van der Waals surface area (Å²) in [7, 11) is 2.80. The van der Waals surface area contributed by atoms with Crippen molar-refractivity contribution < 1.29 is 14.4 Å². The van der Waals surface area contributed by atoms with Crippen molar-refractivity contribution in [2.24, 2.45) is 0 Å². The van der Waals surface area contributed by atoms with Gasteiger partial charge in [-0.2, -0.15) is 5.26 Å². The van der Waals surface area contributed by atoms with Gasteiger partial charge < -0.3 is 9.47 Å². The Morgan fingerprint density at radius 3 is 2.44 bits per heavy atom. The second-order valence-electron chi connectivity index (χ2n) is 3.00. The highest BCUT2D eigenvalue weighted by Crippen LogP contribution is 2.38. The molecule has 0 spiro atoms. The van der Waals surface area contributed by atoms with Gasteiger partial charge in [-0.1, -0.05) is 0 Å². The van der Waals surface area contributed by atoms with Gasteiger partial charge in [0.25, 0.3) is 5.69 Å². The van der Waals surface area contributed by atoms with E-state index in [4.69, 9.17) is 14.7 Å².